The Balaban J connectivity index is 2.53. The minimum absolute atomic E-state index is 0.000876. The van der Waals surface area contributed by atoms with Crippen LogP contribution in [-0.2, 0) is 9.53 Å². The molecule has 4 N–H and O–H groups in total. The molecule has 0 aliphatic carbocycles. The molecule has 18 heavy (non-hydrogen) atoms. The van der Waals surface area contributed by atoms with Crippen molar-refractivity contribution in [2.45, 2.75) is 6.10 Å². The van der Waals surface area contributed by atoms with Gasteiger partial charge in [-0.3, -0.25) is 4.79 Å². The second-order valence-electron chi connectivity index (χ2n) is 3.78. The lowest BCUT2D eigenvalue weighted by Crippen LogP contribution is -2.23. The van der Waals surface area contributed by atoms with E-state index in [4.69, 9.17) is 9.84 Å². The van der Waals surface area contributed by atoms with Crippen LogP contribution in [0.4, 0.5) is 11.4 Å². The fourth-order valence-corrected chi connectivity index (χ4v) is 1.34. The van der Waals surface area contributed by atoms with E-state index in [0.717, 1.165) is 5.69 Å². The SMILES string of the molecule is COCC(=O)Nc1cccc(NCC(O)CO)c1. The summed E-state index contributed by atoms with van der Waals surface area (Å²) in [4.78, 5) is 11.3. The van der Waals surface area contributed by atoms with Gasteiger partial charge >= 0.3 is 0 Å². The van der Waals surface area contributed by atoms with E-state index < -0.39 is 6.10 Å². The summed E-state index contributed by atoms with van der Waals surface area (Å²) in [5.74, 6) is -0.231. The number of methoxy groups -OCH3 is 1. The second-order valence-corrected chi connectivity index (χ2v) is 3.78. The van der Waals surface area contributed by atoms with Gasteiger partial charge in [0.2, 0.25) is 5.91 Å². The molecule has 100 valence electrons. The van der Waals surface area contributed by atoms with E-state index in [9.17, 15) is 9.90 Å². The first kappa shape index (κ1) is 14.4. The van der Waals surface area contributed by atoms with Crippen LogP contribution in [0.1, 0.15) is 0 Å². The van der Waals surface area contributed by atoms with Crippen molar-refractivity contribution in [2.75, 3.05) is 37.5 Å². The van der Waals surface area contributed by atoms with Crippen LogP contribution >= 0.6 is 0 Å². The average molecular weight is 254 g/mol. The number of ether oxygens (including phenoxy) is 1. The van der Waals surface area contributed by atoms with Crippen LogP contribution < -0.4 is 10.6 Å². The summed E-state index contributed by atoms with van der Waals surface area (Å²) in [5.41, 5.74) is 1.39. The van der Waals surface area contributed by atoms with Gasteiger partial charge in [0.25, 0.3) is 0 Å². The zero-order chi connectivity index (χ0) is 13.4. The Morgan fingerprint density at radius 1 is 1.44 bits per heavy atom. The predicted molar refractivity (Wildman–Crippen MR) is 68.5 cm³/mol. The van der Waals surface area contributed by atoms with Crippen LogP contribution in [0, 0.1) is 0 Å². The molecule has 0 bridgehead atoms. The molecule has 1 aromatic carbocycles. The highest BCUT2D eigenvalue weighted by Crippen LogP contribution is 2.14. The lowest BCUT2D eigenvalue weighted by Gasteiger charge is -2.11. The van der Waals surface area contributed by atoms with Crippen LogP contribution in [0.15, 0.2) is 24.3 Å². The highest BCUT2D eigenvalue weighted by Gasteiger charge is 2.04. The predicted octanol–water partition coefficient (Wildman–Crippen LogP) is 0.0366. The second kappa shape index (κ2) is 7.65. The number of hydrogen-bond acceptors (Lipinski definition) is 5. The molecule has 0 aromatic heterocycles. The van der Waals surface area contributed by atoms with E-state index in [1.165, 1.54) is 7.11 Å². The van der Waals surface area contributed by atoms with Gasteiger partial charge in [0.15, 0.2) is 0 Å². The number of carbonyl (C=O) groups excluding carboxylic acids is 1. The number of aliphatic hydroxyl groups is 2. The monoisotopic (exact) mass is 254 g/mol. The molecular formula is C12H18N2O4. The summed E-state index contributed by atoms with van der Waals surface area (Å²) >= 11 is 0. The van der Waals surface area contributed by atoms with Crippen molar-refractivity contribution in [2.24, 2.45) is 0 Å². The van der Waals surface area contributed by atoms with Gasteiger partial charge in [0.1, 0.15) is 6.61 Å². The molecule has 0 heterocycles. The third kappa shape index (κ3) is 5.13. The number of aliphatic hydroxyl groups excluding tert-OH is 2. The van der Waals surface area contributed by atoms with Crippen LogP contribution in [-0.4, -0.2) is 49.1 Å². The van der Waals surface area contributed by atoms with E-state index in [-0.39, 0.29) is 25.7 Å². The number of hydrogen-bond donors (Lipinski definition) is 4. The molecule has 0 saturated carbocycles. The number of benzene rings is 1. The maximum absolute atomic E-state index is 11.3. The minimum Gasteiger partial charge on any atom is -0.394 e. The smallest absolute Gasteiger partial charge is 0.250 e. The van der Waals surface area contributed by atoms with E-state index in [1.54, 1.807) is 24.3 Å². The summed E-state index contributed by atoms with van der Waals surface area (Å²) in [5, 5.41) is 23.5. The Kier molecular flexibility index (Phi) is 6.13. The van der Waals surface area contributed by atoms with Gasteiger partial charge in [-0.2, -0.15) is 0 Å². The summed E-state index contributed by atoms with van der Waals surface area (Å²) in [6.45, 7) is -0.0515. The van der Waals surface area contributed by atoms with Crippen LogP contribution in [0.2, 0.25) is 0 Å². The lowest BCUT2D eigenvalue weighted by atomic mass is 10.2. The summed E-state index contributed by atoms with van der Waals surface area (Å²) in [7, 11) is 1.45. The lowest BCUT2D eigenvalue weighted by molar-refractivity contribution is -0.119. The third-order valence-corrected chi connectivity index (χ3v) is 2.17. The van der Waals surface area contributed by atoms with Crippen LogP contribution in [0.5, 0.6) is 0 Å². The highest BCUT2D eigenvalue weighted by atomic mass is 16.5. The topological polar surface area (TPSA) is 90.8 Å². The normalized spacial score (nSPS) is 11.9. The van der Waals surface area contributed by atoms with Gasteiger partial charge in [-0.05, 0) is 18.2 Å². The van der Waals surface area contributed by atoms with Crippen molar-refractivity contribution in [3.8, 4) is 0 Å². The van der Waals surface area contributed by atoms with Crippen LogP contribution in [0.25, 0.3) is 0 Å². The molecule has 6 heteroatoms. The van der Waals surface area contributed by atoms with Crippen LogP contribution in [0.3, 0.4) is 0 Å². The van der Waals surface area contributed by atoms with E-state index in [0.29, 0.717) is 5.69 Å². The Hall–Kier alpha value is -1.63. The molecule has 0 spiro atoms. The highest BCUT2D eigenvalue weighted by molar-refractivity contribution is 5.92. The Bertz CT molecular complexity index is 384. The summed E-state index contributed by atoms with van der Waals surface area (Å²) < 4.78 is 4.71. The van der Waals surface area contributed by atoms with Gasteiger partial charge < -0.3 is 25.6 Å². The Labute approximate surface area is 106 Å². The first-order valence-corrected chi connectivity index (χ1v) is 5.57. The van der Waals surface area contributed by atoms with Crippen molar-refractivity contribution in [1.82, 2.24) is 0 Å². The average Bonchev–Trinajstić information content (AvgIpc) is 2.36. The number of anilines is 2. The molecular weight excluding hydrogens is 236 g/mol. The van der Waals surface area contributed by atoms with E-state index in [1.807, 2.05) is 0 Å². The minimum atomic E-state index is -0.809. The Morgan fingerprint density at radius 2 is 2.17 bits per heavy atom. The molecule has 0 radical (unpaired) electrons. The molecule has 0 aliphatic heterocycles. The molecule has 1 unspecified atom stereocenters. The molecule has 0 fully saturated rings. The zero-order valence-electron chi connectivity index (χ0n) is 10.2. The zero-order valence-corrected chi connectivity index (χ0v) is 10.2. The summed E-state index contributed by atoms with van der Waals surface area (Å²) in [6.07, 6.45) is -0.809. The first-order valence-electron chi connectivity index (χ1n) is 5.57. The molecule has 1 rings (SSSR count). The maximum atomic E-state index is 11.3. The number of rotatable bonds is 7. The van der Waals surface area contributed by atoms with Gasteiger partial charge in [-0.25, -0.2) is 0 Å². The number of amides is 1. The summed E-state index contributed by atoms with van der Waals surface area (Å²) in [6, 6.07) is 7.06. The largest absolute Gasteiger partial charge is 0.394 e. The van der Waals surface area contributed by atoms with Crippen molar-refractivity contribution in [3.63, 3.8) is 0 Å². The number of nitrogens with one attached hydrogen (secondary N) is 2. The molecule has 1 atom stereocenters. The van der Waals surface area contributed by atoms with E-state index >= 15 is 0 Å². The van der Waals surface area contributed by atoms with Crippen molar-refractivity contribution in [1.29, 1.82) is 0 Å². The first-order chi connectivity index (χ1) is 8.65. The fourth-order valence-electron chi connectivity index (χ4n) is 1.34. The molecule has 0 aliphatic rings. The molecule has 1 amide bonds. The quantitative estimate of drug-likeness (QED) is 0.551. The molecule has 1 aromatic rings. The van der Waals surface area contributed by atoms with Crippen molar-refractivity contribution >= 4 is 17.3 Å². The maximum Gasteiger partial charge on any atom is 0.250 e. The molecule has 0 saturated heterocycles. The van der Waals surface area contributed by atoms with Gasteiger partial charge in [0.05, 0.1) is 12.7 Å². The Morgan fingerprint density at radius 3 is 2.83 bits per heavy atom. The standard InChI is InChI=1S/C12H18N2O4/c1-18-8-12(17)14-10-4-2-3-9(5-10)13-6-11(16)7-15/h2-5,11,13,15-16H,6-8H2,1H3,(H,14,17). The number of carbonyl (C=O) groups is 1. The molecule has 6 nitrogen and oxygen atoms in total. The third-order valence-electron chi connectivity index (χ3n) is 2.17. The fraction of sp³-hybridized carbons (Fsp3) is 0.417. The van der Waals surface area contributed by atoms with Gasteiger partial charge in [0, 0.05) is 25.0 Å². The van der Waals surface area contributed by atoms with Crippen molar-refractivity contribution in [3.05, 3.63) is 24.3 Å². The van der Waals surface area contributed by atoms with Gasteiger partial charge in [-0.15, -0.1) is 0 Å². The van der Waals surface area contributed by atoms with E-state index in [2.05, 4.69) is 10.6 Å². The van der Waals surface area contributed by atoms with Crippen molar-refractivity contribution < 1.29 is 19.7 Å². The van der Waals surface area contributed by atoms with Gasteiger partial charge in [-0.1, -0.05) is 6.07 Å².